The van der Waals surface area contributed by atoms with Crippen molar-refractivity contribution in [2.75, 3.05) is 18.0 Å². The van der Waals surface area contributed by atoms with Gasteiger partial charge in [0, 0.05) is 12.6 Å². The third-order valence-electron chi connectivity index (χ3n) is 3.90. The Labute approximate surface area is 120 Å². The lowest BCUT2D eigenvalue weighted by Crippen LogP contribution is -2.47. The molecule has 20 heavy (non-hydrogen) atoms. The molecule has 1 saturated carbocycles. The van der Waals surface area contributed by atoms with Crippen molar-refractivity contribution in [1.29, 1.82) is 0 Å². The number of ether oxygens (including phenoxy) is 1. The number of carbonyl (C=O) groups is 1. The fraction of sp³-hybridized carbons (Fsp3) is 0.562. The number of carbonyl (C=O) groups excluding carboxylic acids is 1. The van der Waals surface area contributed by atoms with Crippen LogP contribution in [-0.2, 0) is 4.79 Å². The van der Waals surface area contributed by atoms with Gasteiger partial charge in [-0.3, -0.25) is 4.79 Å². The van der Waals surface area contributed by atoms with E-state index in [1.807, 2.05) is 36.1 Å². The molecule has 1 N–H and O–H groups in total. The highest BCUT2D eigenvalue weighted by molar-refractivity contribution is 5.99. The van der Waals surface area contributed by atoms with Gasteiger partial charge < -0.3 is 15.0 Å². The van der Waals surface area contributed by atoms with Crippen molar-refractivity contribution in [3.8, 4) is 5.75 Å². The molecule has 0 aromatic heterocycles. The number of hydrogen-bond acceptors (Lipinski definition) is 3. The summed E-state index contributed by atoms with van der Waals surface area (Å²) in [7, 11) is 0. The van der Waals surface area contributed by atoms with E-state index in [9.17, 15) is 4.79 Å². The van der Waals surface area contributed by atoms with Crippen LogP contribution in [0.2, 0.25) is 0 Å². The lowest BCUT2D eigenvalue weighted by atomic mass is 10.1. The molecule has 4 heteroatoms. The van der Waals surface area contributed by atoms with Crippen LogP contribution < -0.4 is 15.0 Å². The molecule has 0 saturated heterocycles. The van der Waals surface area contributed by atoms with Crippen molar-refractivity contribution in [2.45, 2.75) is 38.8 Å². The summed E-state index contributed by atoms with van der Waals surface area (Å²) >= 11 is 0. The molecule has 2 aliphatic rings. The second-order valence-electron chi connectivity index (χ2n) is 5.96. The third kappa shape index (κ3) is 2.80. The Balaban J connectivity index is 1.71. The van der Waals surface area contributed by atoms with E-state index in [1.165, 1.54) is 12.8 Å². The highest BCUT2D eigenvalue weighted by atomic mass is 16.5. The first-order valence-electron chi connectivity index (χ1n) is 7.45. The number of nitrogens with one attached hydrogen (secondary N) is 1. The normalized spacial score (nSPS) is 23.2. The Bertz CT molecular complexity index is 499. The fourth-order valence-corrected chi connectivity index (χ4v) is 2.58. The van der Waals surface area contributed by atoms with Crippen LogP contribution in [0.1, 0.15) is 26.7 Å². The van der Waals surface area contributed by atoms with Gasteiger partial charge in [0.05, 0.1) is 5.69 Å². The van der Waals surface area contributed by atoms with E-state index < -0.39 is 6.10 Å². The van der Waals surface area contributed by atoms with Gasteiger partial charge in [0.2, 0.25) is 0 Å². The molecule has 1 aliphatic heterocycles. The van der Waals surface area contributed by atoms with Gasteiger partial charge >= 0.3 is 0 Å². The quantitative estimate of drug-likeness (QED) is 0.895. The number of anilines is 1. The molecule has 108 valence electrons. The van der Waals surface area contributed by atoms with Crippen molar-refractivity contribution in [1.82, 2.24) is 5.32 Å². The van der Waals surface area contributed by atoms with Gasteiger partial charge in [0.1, 0.15) is 5.75 Å². The number of fused-ring (bicyclic) bond motifs is 1. The Kier molecular flexibility index (Phi) is 3.66. The van der Waals surface area contributed by atoms with Gasteiger partial charge in [-0.25, -0.2) is 0 Å². The number of nitrogens with zero attached hydrogens (tertiary/aromatic N) is 1. The molecule has 4 nitrogen and oxygen atoms in total. The first kappa shape index (κ1) is 13.4. The molecular weight excluding hydrogens is 252 g/mol. The van der Waals surface area contributed by atoms with Gasteiger partial charge in [-0.1, -0.05) is 19.1 Å². The number of benzene rings is 1. The van der Waals surface area contributed by atoms with Crippen LogP contribution in [0.3, 0.4) is 0 Å². The topological polar surface area (TPSA) is 41.6 Å². The molecule has 3 rings (SSSR count). The molecule has 0 bridgehead atoms. The summed E-state index contributed by atoms with van der Waals surface area (Å²) in [6.07, 6.45) is 2.19. The monoisotopic (exact) mass is 274 g/mol. The van der Waals surface area contributed by atoms with E-state index in [0.717, 1.165) is 24.5 Å². The van der Waals surface area contributed by atoms with Gasteiger partial charge in [0.25, 0.3) is 5.91 Å². The first-order valence-corrected chi connectivity index (χ1v) is 7.45. The van der Waals surface area contributed by atoms with E-state index >= 15 is 0 Å². The molecule has 0 radical (unpaired) electrons. The number of rotatable bonds is 5. The van der Waals surface area contributed by atoms with Gasteiger partial charge in [-0.2, -0.15) is 0 Å². The molecular formula is C16H22N2O2. The van der Waals surface area contributed by atoms with Crippen LogP contribution in [0.25, 0.3) is 0 Å². The third-order valence-corrected chi connectivity index (χ3v) is 3.90. The second-order valence-corrected chi connectivity index (χ2v) is 5.96. The zero-order valence-electron chi connectivity index (χ0n) is 12.1. The summed E-state index contributed by atoms with van der Waals surface area (Å²) in [5.74, 6) is 1.29. The Morgan fingerprint density at radius 3 is 2.90 bits per heavy atom. The number of hydrogen-bond donors (Lipinski definition) is 1. The molecule has 2 unspecified atom stereocenters. The maximum atomic E-state index is 12.4. The van der Waals surface area contributed by atoms with E-state index in [4.69, 9.17) is 4.74 Å². The Morgan fingerprint density at radius 2 is 2.15 bits per heavy atom. The van der Waals surface area contributed by atoms with Crippen LogP contribution >= 0.6 is 0 Å². The van der Waals surface area contributed by atoms with Gasteiger partial charge in [0.15, 0.2) is 6.10 Å². The molecule has 1 aromatic rings. The first-order chi connectivity index (χ1) is 9.65. The van der Waals surface area contributed by atoms with E-state index in [1.54, 1.807) is 0 Å². The van der Waals surface area contributed by atoms with Crippen LogP contribution in [0.5, 0.6) is 5.75 Å². The summed E-state index contributed by atoms with van der Waals surface area (Å²) in [6.45, 7) is 5.71. The molecule has 1 aliphatic carbocycles. The van der Waals surface area contributed by atoms with Crippen LogP contribution in [0.4, 0.5) is 5.69 Å². The van der Waals surface area contributed by atoms with Crippen LogP contribution in [0, 0.1) is 5.92 Å². The SMILES string of the molecule is CC(CNC1CC1)CN1C(=O)C(C)Oc2ccccc21. The summed E-state index contributed by atoms with van der Waals surface area (Å²) in [4.78, 5) is 14.2. The van der Waals surface area contributed by atoms with E-state index in [-0.39, 0.29) is 5.91 Å². The lowest BCUT2D eigenvalue weighted by Gasteiger charge is -2.34. The molecule has 1 aromatic carbocycles. The molecule has 2 atom stereocenters. The van der Waals surface area contributed by atoms with Crippen LogP contribution in [0.15, 0.2) is 24.3 Å². The zero-order valence-corrected chi connectivity index (χ0v) is 12.1. The highest BCUT2D eigenvalue weighted by Crippen LogP contribution is 2.34. The minimum Gasteiger partial charge on any atom is -0.479 e. The predicted octanol–water partition coefficient (Wildman–Crippen LogP) is 2.19. The van der Waals surface area contributed by atoms with E-state index in [0.29, 0.717) is 12.0 Å². The summed E-state index contributed by atoms with van der Waals surface area (Å²) in [6, 6.07) is 8.49. The highest BCUT2D eigenvalue weighted by Gasteiger charge is 2.32. The van der Waals surface area contributed by atoms with Crippen molar-refractivity contribution >= 4 is 11.6 Å². The smallest absolute Gasteiger partial charge is 0.267 e. The van der Waals surface area contributed by atoms with Gasteiger partial charge in [-0.05, 0) is 44.4 Å². The Morgan fingerprint density at radius 1 is 1.40 bits per heavy atom. The number of para-hydroxylation sites is 2. The second kappa shape index (κ2) is 5.44. The summed E-state index contributed by atoms with van der Waals surface area (Å²) < 4.78 is 5.66. The summed E-state index contributed by atoms with van der Waals surface area (Å²) in [5, 5.41) is 3.53. The largest absolute Gasteiger partial charge is 0.479 e. The fourth-order valence-electron chi connectivity index (χ4n) is 2.58. The standard InChI is InChI=1S/C16H22N2O2/c1-11(9-17-13-7-8-13)10-18-14-5-3-4-6-15(14)20-12(2)16(18)19/h3-6,11-13,17H,7-10H2,1-2H3. The minimum atomic E-state index is -0.395. The maximum absolute atomic E-state index is 12.4. The molecule has 0 spiro atoms. The minimum absolute atomic E-state index is 0.0574. The van der Waals surface area contributed by atoms with Gasteiger partial charge in [-0.15, -0.1) is 0 Å². The van der Waals surface area contributed by atoms with Crippen LogP contribution in [-0.4, -0.2) is 31.1 Å². The maximum Gasteiger partial charge on any atom is 0.267 e. The van der Waals surface area contributed by atoms with E-state index in [2.05, 4.69) is 12.2 Å². The Hall–Kier alpha value is -1.55. The van der Waals surface area contributed by atoms with Crippen molar-refractivity contribution < 1.29 is 9.53 Å². The van der Waals surface area contributed by atoms with Crippen molar-refractivity contribution in [3.63, 3.8) is 0 Å². The van der Waals surface area contributed by atoms with Crippen molar-refractivity contribution in [3.05, 3.63) is 24.3 Å². The summed E-state index contributed by atoms with van der Waals surface area (Å²) in [5.41, 5.74) is 0.897. The average Bonchev–Trinajstić information content (AvgIpc) is 3.26. The molecule has 1 fully saturated rings. The predicted molar refractivity (Wildman–Crippen MR) is 79.1 cm³/mol. The molecule has 1 amide bonds. The van der Waals surface area contributed by atoms with Crippen molar-refractivity contribution in [2.24, 2.45) is 5.92 Å². The average molecular weight is 274 g/mol. The zero-order chi connectivity index (χ0) is 14.1. The lowest BCUT2D eigenvalue weighted by molar-refractivity contribution is -0.125. The number of amides is 1. The molecule has 1 heterocycles.